The summed E-state index contributed by atoms with van der Waals surface area (Å²) in [7, 11) is 0. The fourth-order valence-electron chi connectivity index (χ4n) is 5.18. The highest BCUT2D eigenvalue weighted by atomic mass is 15.2. The molecule has 3 heteroatoms. The molecule has 2 aliphatic rings. The summed E-state index contributed by atoms with van der Waals surface area (Å²) in [6, 6.07) is 29.9. The minimum atomic E-state index is 0.546. The van der Waals surface area contributed by atoms with E-state index in [1.165, 1.54) is 46.2 Å². The van der Waals surface area contributed by atoms with Gasteiger partial charge < -0.3 is 9.47 Å². The predicted octanol–water partition coefficient (Wildman–Crippen LogP) is 8.09. The van der Waals surface area contributed by atoms with E-state index in [1.54, 1.807) is 0 Å². The molecule has 6 rings (SSSR count). The van der Waals surface area contributed by atoms with Crippen LogP contribution in [0.3, 0.4) is 0 Å². The van der Waals surface area contributed by atoms with Gasteiger partial charge in [-0.1, -0.05) is 60.7 Å². The number of hydrogen-bond donors (Lipinski definition) is 0. The molecule has 3 heterocycles. The van der Waals surface area contributed by atoms with Crippen LogP contribution in [0.4, 0.5) is 5.69 Å². The number of fused-ring (bicyclic) bond motifs is 3. The lowest BCUT2D eigenvalue weighted by Crippen LogP contribution is -2.28. The van der Waals surface area contributed by atoms with Crippen molar-refractivity contribution in [2.75, 3.05) is 11.4 Å². The molecule has 3 nitrogen and oxygen atoms in total. The number of para-hydroxylation sites is 2. The zero-order valence-corrected chi connectivity index (χ0v) is 23.0. The van der Waals surface area contributed by atoms with Gasteiger partial charge in [0.05, 0.1) is 0 Å². The molecule has 0 atom stereocenters. The van der Waals surface area contributed by atoms with Gasteiger partial charge in [0.25, 0.3) is 0 Å². The van der Waals surface area contributed by atoms with E-state index in [-0.39, 0.29) is 0 Å². The first-order valence-corrected chi connectivity index (χ1v) is 13.6. The van der Waals surface area contributed by atoms with E-state index < -0.39 is 0 Å². The Morgan fingerprint density at radius 1 is 0.583 bits per heavy atom. The quantitative estimate of drug-likeness (QED) is 0.293. The normalized spacial score (nSPS) is 14.5. The van der Waals surface area contributed by atoms with Crippen molar-refractivity contribution in [2.24, 2.45) is 0 Å². The Labute approximate surface area is 218 Å². The zero-order valence-electron chi connectivity index (χ0n) is 23.0. The van der Waals surface area contributed by atoms with E-state index in [0.29, 0.717) is 18.1 Å². The van der Waals surface area contributed by atoms with Crippen LogP contribution in [0.2, 0.25) is 0 Å². The standard InChI is InChI=1S/2C11H15N.C11H13N/c1-9(2)12-7-10-5-3-4-6-11(10)8-12;2*1-9(2)12-8-7-10-5-3-4-6-11(10)12/h2*3-6,9H,7-8H2,1-2H3;3-9H,1-2H3. The highest BCUT2D eigenvalue weighted by molar-refractivity contribution is 5.80. The number of hydrogen-bond acceptors (Lipinski definition) is 2. The van der Waals surface area contributed by atoms with Crippen molar-refractivity contribution in [1.82, 2.24) is 9.47 Å². The van der Waals surface area contributed by atoms with Crippen molar-refractivity contribution in [3.05, 3.63) is 102 Å². The lowest BCUT2D eigenvalue weighted by atomic mass is 10.1. The van der Waals surface area contributed by atoms with Crippen molar-refractivity contribution in [3.8, 4) is 0 Å². The predicted molar refractivity (Wildman–Crippen MR) is 156 cm³/mol. The third-order valence-corrected chi connectivity index (χ3v) is 7.33. The van der Waals surface area contributed by atoms with Crippen LogP contribution in [0.5, 0.6) is 0 Å². The molecule has 0 amide bonds. The Hall–Kier alpha value is -3.04. The summed E-state index contributed by atoms with van der Waals surface area (Å²) in [5.41, 5.74) is 7.28. The first kappa shape index (κ1) is 26.0. The summed E-state index contributed by atoms with van der Waals surface area (Å²) >= 11 is 0. The monoisotopic (exact) mass is 481 g/mol. The Kier molecular flexibility index (Phi) is 8.53. The van der Waals surface area contributed by atoms with Gasteiger partial charge in [-0.15, -0.1) is 0 Å². The molecule has 0 unspecified atom stereocenters. The Morgan fingerprint density at radius 2 is 1.17 bits per heavy atom. The summed E-state index contributed by atoms with van der Waals surface area (Å²) in [6.07, 6.45) is 3.36. The maximum atomic E-state index is 2.49. The van der Waals surface area contributed by atoms with E-state index in [4.69, 9.17) is 0 Å². The average Bonchev–Trinajstić information content (AvgIpc) is 3.61. The summed E-state index contributed by atoms with van der Waals surface area (Å²) < 4.78 is 2.29. The molecular formula is C33H43N3. The molecular weight excluding hydrogens is 438 g/mol. The maximum absolute atomic E-state index is 2.49. The van der Waals surface area contributed by atoms with Crippen LogP contribution in [-0.4, -0.2) is 28.1 Å². The lowest BCUT2D eigenvalue weighted by molar-refractivity contribution is 0.227. The van der Waals surface area contributed by atoms with E-state index in [2.05, 4.69) is 141 Å². The average molecular weight is 482 g/mol. The van der Waals surface area contributed by atoms with Crippen LogP contribution in [0.15, 0.2) is 85.1 Å². The second kappa shape index (κ2) is 11.8. The van der Waals surface area contributed by atoms with Crippen molar-refractivity contribution in [3.63, 3.8) is 0 Å². The zero-order chi connectivity index (χ0) is 25.7. The van der Waals surface area contributed by atoms with Gasteiger partial charge in [0.1, 0.15) is 0 Å². The molecule has 0 saturated heterocycles. The molecule has 0 aliphatic carbocycles. The molecule has 190 valence electrons. The second-order valence-electron chi connectivity index (χ2n) is 10.8. The van der Waals surface area contributed by atoms with Gasteiger partial charge in [0.15, 0.2) is 0 Å². The first-order valence-electron chi connectivity index (χ1n) is 13.6. The Bertz CT molecular complexity index is 1230. The van der Waals surface area contributed by atoms with E-state index in [0.717, 1.165) is 13.1 Å². The SMILES string of the molecule is CC(C)N1CCc2ccccc21.CC(C)N1Cc2ccccc2C1.CC(C)n1ccc2ccccc21. The van der Waals surface area contributed by atoms with E-state index in [1.807, 2.05) is 0 Å². The lowest BCUT2D eigenvalue weighted by Gasteiger charge is -2.23. The molecule has 0 bridgehead atoms. The number of nitrogens with zero attached hydrogens (tertiary/aromatic N) is 3. The van der Waals surface area contributed by atoms with Crippen molar-refractivity contribution >= 4 is 16.6 Å². The maximum Gasteiger partial charge on any atom is 0.0482 e. The summed E-state index contributed by atoms with van der Waals surface area (Å²) in [4.78, 5) is 4.96. The topological polar surface area (TPSA) is 11.4 Å². The largest absolute Gasteiger partial charge is 0.369 e. The molecule has 0 spiro atoms. The van der Waals surface area contributed by atoms with Crippen molar-refractivity contribution in [2.45, 2.75) is 79.2 Å². The van der Waals surface area contributed by atoms with Gasteiger partial charge in [0.2, 0.25) is 0 Å². The molecule has 36 heavy (non-hydrogen) atoms. The third kappa shape index (κ3) is 6.02. The molecule has 4 aromatic rings. The van der Waals surface area contributed by atoms with Crippen molar-refractivity contribution < 1.29 is 0 Å². The molecule has 1 aromatic heterocycles. The van der Waals surface area contributed by atoms with Crippen molar-refractivity contribution in [1.29, 1.82) is 0 Å². The number of anilines is 1. The van der Waals surface area contributed by atoms with Gasteiger partial charge in [-0.2, -0.15) is 0 Å². The highest BCUT2D eigenvalue weighted by Crippen LogP contribution is 2.28. The summed E-state index contributed by atoms with van der Waals surface area (Å²) in [5, 5.41) is 1.33. The fourth-order valence-corrected chi connectivity index (χ4v) is 5.18. The minimum absolute atomic E-state index is 0.546. The van der Waals surface area contributed by atoms with Crippen LogP contribution in [0.1, 0.15) is 64.3 Å². The number of rotatable bonds is 3. The van der Waals surface area contributed by atoms with Crippen LogP contribution in [0.25, 0.3) is 10.9 Å². The van der Waals surface area contributed by atoms with Gasteiger partial charge in [-0.05, 0) is 88.2 Å². The summed E-state index contributed by atoms with van der Waals surface area (Å²) in [5.74, 6) is 0. The Balaban J connectivity index is 0.000000127. The third-order valence-electron chi connectivity index (χ3n) is 7.33. The molecule has 0 N–H and O–H groups in total. The van der Waals surface area contributed by atoms with Crippen LogP contribution >= 0.6 is 0 Å². The molecule has 0 fully saturated rings. The van der Waals surface area contributed by atoms with Crippen LogP contribution < -0.4 is 4.90 Å². The van der Waals surface area contributed by atoms with E-state index in [9.17, 15) is 0 Å². The smallest absolute Gasteiger partial charge is 0.0482 e. The molecule has 2 aliphatic heterocycles. The minimum Gasteiger partial charge on any atom is -0.369 e. The molecule has 0 saturated carbocycles. The Morgan fingerprint density at radius 3 is 1.78 bits per heavy atom. The van der Waals surface area contributed by atoms with Gasteiger partial charge in [0, 0.05) is 55.2 Å². The highest BCUT2D eigenvalue weighted by Gasteiger charge is 2.20. The van der Waals surface area contributed by atoms with Gasteiger partial charge >= 0.3 is 0 Å². The number of aromatic nitrogens is 1. The van der Waals surface area contributed by atoms with E-state index >= 15 is 0 Å². The second-order valence-corrected chi connectivity index (χ2v) is 10.8. The van der Waals surface area contributed by atoms with Gasteiger partial charge in [-0.25, -0.2) is 0 Å². The fraction of sp³-hybridized carbons (Fsp3) is 0.394. The summed E-state index contributed by atoms with van der Waals surface area (Å²) in [6.45, 7) is 16.9. The molecule has 3 aromatic carbocycles. The van der Waals surface area contributed by atoms with Crippen LogP contribution in [-0.2, 0) is 19.5 Å². The number of benzene rings is 3. The first-order chi connectivity index (χ1) is 17.3. The van der Waals surface area contributed by atoms with Gasteiger partial charge in [-0.3, -0.25) is 4.90 Å². The van der Waals surface area contributed by atoms with Crippen LogP contribution in [0, 0.1) is 0 Å². The molecule has 0 radical (unpaired) electrons.